The van der Waals surface area contributed by atoms with Crippen molar-refractivity contribution in [1.82, 2.24) is 15.2 Å². The second-order valence-electron chi connectivity index (χ2n) is 4.37. The maximum Gasteiger partial charge on any atom is 0.316 e. The maximum absolute atomic E-state index is 11.4. The highest BCUT2D eigenvalue weighted by Gasteiger charge is 2.10. The summed E-state index contributed by atoms with van der Waals surface area (Å²) in [5.41, 5.74) is 0. The van der Waals surface area contributed by atoms with E-state index in [-0.39, 0.29) is 11.7 Å². The lowest BCUT2D eigenvalue weighted by Crippen LogP contribution is -2.08. The van der Waals surface area contributed by atoms with E-state index in [1.807, 2.05) is 13.8 Å². The fourth-order valence-electron chi connectivity index (χ4n) is 1.28. The van der Waals surface area contributed by atoms with Crippen LogP contribution in [0.1, 0.15) is 51.8 Å². The number of thioether (sulfide) groups is 1. The minimum Gasteiger partial charge on any atom is -0.465 e. The van der Waals surface area contributed by atoms with Crippen molar-refractivity contribution in [3.63, 3.8) is 0 Å². The molecule has 0 fully saturated rings. The zero-order chi connectivity index (χ0) is 13.4. The average Bonchev–Trinajstić information content (AvgIpc) is 2.81. The molecule has 6 heteroatoms. The van der Waals surface area contributed by atoms with Crippen LogP contribution in [0.3, 0.4) is 0 Å². The smallest absolute Gasteiger partial charge is 0.316 e. The second kappa shape index (κ2) is 8.13. The molecule has 102 valence electrons. The molecule has 1 rings (SSSR count). The number of nitrogens with one attached hydrogen (secondary N) is 1. The lowest BCUT2D eigenvalue weighted by molar-refractivity contribution is -0.140. The first-order chi connectivity index (χ1) is 8.63. The second-order valence-corrected chi connectivity index (χ2v) is 5.32. The minimum atomic E-state index is -0.202. The van der Waals surface area contributed by atoms with E-state index < -0.39 is 0 Å². The van der Waals surface area contributed by atoms with Crippen LogP contribution in [-0.2, 0) is 9.53 Å². The Balaban J connectivity index is 2.21. The highest BCUT2D eigenvalue weighted by molar-refractivity contribution is 7.99. The van der Waals surface area contributed by atoms with Gasteiger partial charge in [0.25, 0.3) is 0 Å². The molecular weight excluding hydrogens is 250 g/mol. The molecule has 0 bridgehead atoms. The van der Waals surface area contributed by atoms with Crippen molar-refractivity contribution in [1.29, 1.82) is 0 Å². The predicted octanol–water partition coefficient (Wildman–Crippen LogP) is 2.75. The molecule has 0 aliphatic carbocycles. The molecule has 1 aromatic heterocycles. The number of rotatable bonds is 8. The van der Waals surface area contributed by atoms with Gasteiger partial charge < -0.3 is 4.74 Å². The van der Waals surface area contributed by atoms with E-state index >= 15 is 0 Å². The molecule has 1 aromatic rings. The van der Waals surface area contributed by atoms with Crippen molar-refractivity contribution in [2.75, 3.05) is 12.4 Å². The molecule has 0 amide bonds. The van der Waals surface area contributed by atoms with Gasteiger partial charge in [0.15, 0.2) is 0 Å². The number of ether oxygens (including phenoxy) is 1. The van der Waals surface area contributed by atoms with Gasteiger partial charge in [0, 0.05) is 5.92 Å². The molecule has 0 spiro atoms. The summed E-state index contributed by atoms with van der Waals surface area (Å²) in [7, 11) is 0. The highest BCUT2D eigenvalue weighted by Crippen LogP contribution is 2.16. The molecule has 0 radical (unpaired) electrons. The molecule has 0 aliphatic heterocycles. The molecule has 1 heterocycles. The Labute approximate surface area is 112 Å². The molecule has 0 atom stereocenters. The van der Waals surface area contributed by atoms with Crippen molar-refractivity contribution in [3.8, 4) is 0 Å². The fourth-order valence-corrected chi connectivity index (χ4v) is 1.89. The quantitative estimate of drug-likeness (QED) is 0.447. The molecule has 0 unspecified atom stereocenters. The van der Waals surface area contributed by atoms with Gasteiger partial charge >= 0.3 is 5.97 Å². The van der Waals surface area contributed by atoms with E-state index in [1.165, 1.54) is 11.8 Å². The summed E-state index contributed by atoms with van der Waals surface area (Å²) in [6, 6.07) is 0. The summed E-state index contributed by atoms with van der Waals surface area (Å²) in [4.78, 5) is 15.7. The summed E-state index contributed by atoms with van der Waals surface area (Å²) in [5, 5.41) is 7.49. The van der Waals surface area contributed by atoms with Crippen LogP contribution in [0.2, 0.25) is 0 Å². The standard InChI is InChI=1S/C12H21N3O2S/c1-4-5-6-7-17-10(16)8-18-12-13-11(9(2)3)14-15-12/h9H,4-8H2,1-3H3,(H,13,14,15). The average molecular weight is 271 g/mol. The van der Waals surface area contributed by atoms with Crippen LogP contribution in [0.4, 0.5) is 0 Å². The van der Waals surface area contributed by atoms with E-state index in [1.54, 1.807) is 0 Å². The zero-order valence-electron chi connectivity index (χ0n) is 11.2. The summed E-state index contributed by atoms with van der Waals surface area (Å²) in [5.74, 6) is 1.22. The Morgan fingerprint density at radius 2 is 2.22 bits per heavy atom. The first-order valence-corrected chi connectivity index (χ1v) is 7.32. The Morgan fingerprint density at radius 1 is 1.44 bits per heavy atom. The van der Waals surface area contributed by atoms with Gasteiger partial charge in [-0.15, -0.1) is 5.10 Å². The predicted molar refractivity (Wildman–Crippen MR) is 71.7 cm³/mol. The number of nitrogens with zero attached hydrogens (tertiary/aromatic N) is 2. The van der Waals surface area contributed by atoms with Gasteiger partial charge in [-0.3, -0.25) is 9.89 Å². The van der Waals surface area contributed by atoms with Gasteiger partial charge in [0.1, 0.15) is 5.82 Å². The van der Waals surface area contributed by atoms with Crippen LogP contribution in [0, 0.1) is 0 Å². The van der Waals surface area contributed by atoms with Crippen molar-refractivity contribution < 1.29 is 9.53 Å². The summed E-state index contributed by atoms with van der Waals surface area (Å²) < 4.78 is 5.09. The molecule has 18 heavy (non-hydrogen) atoms. The Hall–Kier alpha value is -1.04. The Morgan fingerprint density at radius 3 is 2.83 bits per heavy atom. The maximum atomic E-state index is 11.4. The number of hydrogen-bond acceptors (Lipinski definition) is 5. The number of aromatic nitrogens is 3. The third-order valence-electron chi connectivity index (χ3n) is 2.36. The molecule has 0 aliphatic rings. The van der Waals surface area contributed by atoms with E-state index in [0.717, 1.165) is 25.1 Å². The lowest BCUT2D eigenvalue weighted by atomic mass is 10.2. The molecular formula is C12H21N3O2S. The van der Waals surface area contributed by atoms with E-state index in [9.17, 15) is 4.79 Å². The number of carbonyl (C=O) groups excluding carboxylic acids is 1. The first-order valence-electron chi connectivity index (χ1n) is 6.34. The number of aromatic amines is 1. The van der Waals surface area contributed by atoms with Gasteiger partial charge in [0.2, 0.25) is 5.16 Å². The van der Waals surface area contributed by atoms with Gasteiger partial charge in [-0.05, 0) is 6.42 Å². The fraction of sp³-hybridized carbons (Fsp3) is 0.750. The number of unbranched alkanes of at least 4 members (excludes halogenated alkanes) is 2. The van der Waals surface area contributed by atoms with E-state index in [2.05, 4.69) is 22.1 Å². The third kappa shape index (κ3) is 5.53. The summed E-state index contributed by atoms with van der Waals surface area (Å²) in [6.07, 6.45) is 3.16. The third-order valence-corrected chi connectivity index (χ3v) is 3.18. The van der Waals surface area contributed by atoms with Crippen LogP contribution in [0.15, 0.2) is 5.16 Å². The van der Waals surface area contributed by atoms with E-state index in [0.29, 0.717) is 17.7 Å². The minimum absolute atomic E-state index is 0.202. The molecule has 1 N–H and O–H groups in total. The van der Waals surface area contributed by atoms with Gasteiger partial charge in [-0.1, -0.05) is 45.4 Å². The Bertz CT molecular complexity index is 366. The number of esters is 1. The lowest BCUT2D eigenvalue weighted by Gasteiger charge is -2.02. The van der Waals surface area contributed by atoms with Crippen molar-refractivity contribution in [3.05, 3.63) is 5.82 Å². The summed E-state index contributed by atoms with van der Waals surface area (Å²) in [6.45, 7) is 6.71. The molecule has 5 nitrogen and oxygen atoms in total. The SMILES string of the molecule is CCCCCOC(=O)CSc1n[nH]c(C(C)C)n1. The highest BCUT2D eigenvalue weighted by atomic mass is 32.2. The van der Waals surface area contributed by atoms with Crippen molar-refractivity contribution in [2.24, 2.45) is 0 Å². The van der Waals surface area contributed by atoms with Crippen molar-refractivity contribution in [2.45, 2.75) is 51.1 Å². The molecule has 0 saturated heterocycles. The van der Waals surface area contributed by atoms with Gasteiger partial charge in [0.05, 0.1) is 12.4 Å². The van der Waals surface area contributed by atoms with Crippen molar-refractivity contribution >= 4 is 17.7 Å². The van der Waals surface area contributed by atoms with Crippen LogP contribution in [0.5, 0.6) is 0 Å². The normalized spacial score (nSPS) is 10.9. The zero-order valence-corrected chi connectivity index (χ0v) is 12.0. The van der Waals surface area contributed by atoms with Gasteiger partial charge in [-0.2, -0.15) is 0 Å². The number of carbonyl (C=O) groups is 1. The van der Waals surface area contributed by atoms with Crippen LogP contribution in [-0.4, -0.2) is 33.5 Å². The summed E-state index contributed by atoms with van der Waals surface area (Å²) >= 11 is 1.30. The molecule has 0 aromatic carbocycles. The van der Waals surface area contributed by atoms with Crippen LogP contribution < -0.4 is 0 Å². The monoisotopic (exact) mass is 271 g/mol. The number of H-pyrrole nitrogens is 1. The topological polar surface area (TPSA) is 67.9 Å². The molecule has 0 saturated carbocycles. The van der Waals surface area contributed by atoms with E-state index in [4.69, 9.17) is 4.74 Å². The van der Waals surface area contributed by atoms with Gasteiger partial charge in [-0.25, -0.2) is 4.98 Å². The van der Waals surface area contributed by atoms with Crippen LogP contribution >= 0.6 is 11.8 Å². The van der Waals surface area contributed by atoms with Crippen LogP contribution in [0.25, 0.3) is 0 Å². The Kier molecular flexibility index (Phi) is 6.78. The number of hydrogen-bond donors (Lipinski definition) is 1. The first kappa shape index (κ1) is 15.0. The largest absolute Gasteiger partial charge is 0.465 e.